The van der Waals surface area contributed by atoms with Gasteiger partial charge in [-0.1, -0.05) is 17.7 Å². The van der Waals surface area contributed by atoms with Gasteiger partial charge < -0.3 is 18.7 Å². The zero-order valence-electron chi connectivity index (χ0n) is 14.0. The fraction of sp³-hybridized carbons (Fsp3) is 0.105. The number of methoxy groups -OCH3 is 1. The molecule has 0 atom stereocenters. The molecule has 26 heavy (non-hydrogen) atoms. The van der Waals surface area contributed by atoms with E-state index < -0.39 is 11.6 Å². The minimum atomic E-state index is -0.790. The predicted octanol–water partition coefficient (Wildman–Crippen LogP) is 4.98. The van der Waals surface area contributed by atoms with Crippen LogP contribution in [0.3, 0.4) is 0 Å². The molecule has 7 heteroatoms. The topological polar surface area (TPSA) is 97.5 Å². The molecule has 0 unspecified atom stereocenters. The van der Waals surface area contributed by atoms with Crippen LogP contribution in [0.15, 0.2) is 66.3 Å². The van der Waals surface area contributed by atoms with Gasteiger partial charge in [0.1, 0.15) is 11.3 Å². The summed E-state index contributed by atoms with van der Waals surface area (Å²) in [6.07, 6.45) is 0. The SMILES string of the molecule is COc1ccc2c(c1)oc1c(=O)oc(O)c(N=Nc3ccc(C)cc3)c12. The number of benzene rings is 2. The van der Waals surface area contributed by atoms with Crippen molar-refractivity contribution in [3.63, 3.8) is 0 Å². The Bertz CT molecular complexity index is 1200. The second-order valence-corrected chi connectivity index (χ2v) is 5.75. The summed E-state index contributed by atoms with van der Waals surface area (Å²) in [5, 5.41) is 19.2. The number of ether oxygens (including phenoxy) is 1. The number of furan rings is 1. The zero-order chi connectivity index (χ0) is 18.3. The average Bonchev–Trinajstić information content (AvgIpc) is 3.02. The van der Waals surface area contributed by atoms with Crippen LogP contribution in [0.5, 0.6) is 11.7 Å². The quantitative estimate of drug-likeness (QED) is 0.526. The van der Waals surface area contributed by atoms with Crippen LogP contribution < -0.4 is 10.4 Å². The molecule has 1 N–H and O–H groups in total. The summed E-state index contributed by atoms with van der Waals surface area (Å²) in [5.74, 6) is -0.0372. The Morgan fingerprint density at radius 2 is 1.81 bits per heavy atom. The molecule has 130 valence electrons. The predicted molar refractivity (Wildman–Crippen MR) is 95.8 cm³/mol. The van der Waals surface area contributed by atoms with E-state index >= 15 is 0 Å². The minimum absolute atomic E-state index is 0.0316. The Morgan fingerprint density at radius 1 is 1.04 bits per heavy atom. The lowest BCUT2D eigenvalue weighted by Crippen LogP contribution is -1.96. The van der Waals surface area contributed by atoms with Gasteiger partial charge in [-0.15, -0.1) is 5.11 Å². The number of nitrogens with zero attached hydrogens (tertiary/aromatic N) is 2. The Hall–Kier alpha value is -3.61. The molecular weight excluding hydrogens is 336 g/mol. The van der Waals surface area contributed by atoms with E-state index in [4.69, 9.17) is 13.6 Å². The molecule has 2 aromatic carbocycles. The van der Waals surface area contributed by atoms with Gasteiger partial charge in [-0.3, -0.25) is 0 Å². The van der Waals surface area contributed by atoms with Gasteiger partial charge in [0.05, 0.1) is 18.2 Å². The summed E-state index contributed by atoms with van der Waals surface area (Å²) in [7, 11) is 1.53. The van der Waals surface area contributed by atoms with Gasteiger partial charge in [0, 0.05) is 11.5 Å². The van der Waals surface area contributed by atoms with Crippen molar-refractivity contribution in [2.45, 2.75) is 6.92 Å². The van der Waals surface area contributed by atoms with E-state index in [1.165, 1.54) is 7.11 Å². The van der Waals surface area contributed by atoms with Crippen molar-refractivity contribution in [2.24, 2.45) is 10.2 Å². The lowest BCUT2D eigenvalue weighted by atomic mass is 10.1. The van der Waals surface area contributed by atoms with E-state index in [1.54, 1.807) is 30.3 Å². The molecule has 0 fully saturated rings. The molecule has 0 saturated heterocycles. The average molecular weight is 350 g/mol. The first kappa shape index (κ1) is 15.9. The largest absolute Gasteiger partial charge is 0.497 e. The van der Waals surface area contributed by atoms with Gasteiger partial charge in [0.15, 0.2) is 5.69 Å². The molecule has 0 saturated carbocycles. The van der Waals surface area contributed by atoms with Gasteiger partial charge in [-0.25, -0.2) is 4.79 Å². The first-order chi connectivity index (χ1) is 12.6. The maximum absolute atomic E-state index is 12.1. The number of rotatable bonds is 3. The van der Waals surface area contributed by atoms with E-state index in [0.29, 0.717) is 27.8 Å². The number of hydrogen-bond donors (Lipinski definition) is 1. The molecule has 0 aliphatic rings. The van der Waals surface area contributed by atoms with Crippen LogP contribution in [0.2, 0.25) is 0 Å². The van der Waals surface area contributed by atoms with Gasteiger partial charge >= 0.3 is 11.6 Å². The number of aryl methyl sites for hydroxylation is 1. The lowest BCUT2D eigenvalue weighted by Gasteiger charge is -1.99. The maximum atomic E-state index is 12.1. The standard InChI is InChI=1S/C19H14N2O5/c1-10-3-5-11(6-4-10)20-21-16-15-13-8-7-12(24-2)9-14(13)25-17(15)19(23)26-18(16)22/h3-9,22H,1-2H3. The van der Waals surface area contributed by atoms with E-state index in [0.717, 1.165) is 5.56 Å². The van der Waals surface area contributed by atoms with Gasteiger partial charge in [0.2, 0.25) is 5.58 Å². The number of hydrogen-bond acceptors (Lipinski definition) is 7. The smallest absolute Gasteiger partial charge is 0.382 e. The highest BCUT2D eigenvalue weighted by molar-refractivity contribution is 6.11. The summed E-state index contributed by atoms with van der Waals surface area (Å²) in [6.45, 7) is 1.97. The first-order valence-corrected chi connectivity index (χ1v) is 7.81. The summed E-state index contributed by atoms with van der Waals surface area (Å²) >= 11 is 0. The molecule has 2 aromatic heterocycles. The molecular formula is C19H14N2O5. The third kappa shape index (κ3) is 2.59. The first-order valence-electron chi connectivity index (χ1n) is 7.81. The van der Waals surface area contributed by atoms with Crippen molar-refractivity contribution in [2.75, 3.05) is 7.11 Å². The van der Waals surface area contributed by atoms with Gasteiger partial charge in [-0.2, -0.15) is 5.11 Å². The maximum Gasteiger partial charge on any atom is 0.382 e. The monoisotopic (exact) mass is 350 g/mol. The van der Waals surface area contributed by atoms with Crippen molar-refractivity contribution < 1.29 is 18.7 Å². The molecule has 0 aliphatic carbocycles. The third-order valence-corrected chi connectivity index (χ3v) is 4.01. The summed E-state index contributed by atoms with van der Waals surface area (Å²) in [4.78, 5) is 12.1. The van der Waals surface area contributed by atoms with E-state index in [2.05, 4.69) is 10.2 Å². The van der Waals surface area contributed by atoms with Crippen LogP contribution in [-0.2, 0) is 0 Å². The Balaban J connectivity index is 1.95. The van der Waals surface area contributed by atoms with E-state index in [9.17, 15) is 9.90 Å². The Morgan fingerprint density at radius 3 is 2.54 bits per heavy atom. The molecule has 0 aliphatic heterocycles. The highest BCUT2D eigenvalue weighted by Gasteiger charge is 2.20. The van der Waals surface area contributed by atoms with Crippen LogP contribution in [0, 0.1) is 6.92 Å². The van der Waals surface area contributed by atoms with Gasteiger partial charge in [-0.05, 0) is 31.2 Å². The molecule has 0 radical (unpaired) electrons. The fourth-order valence-corrected chi connectivity index (χ4v) is 2.68. The Labute approximate surface area is 147 Å². The van der Waals surface area contributed by atoms with Crippen LogP contribution in [0.25, 0.3) is 21.9 Å². The molecule has 0 amide bonds. The minimum Gasteiger partial charge on any atom is -0.497 e. The highest BCUT2D eigenvalue weighted by atomic mass is 16.5. The summed E-state index contributed by atoms with van der Waals surface area (Å²) in [5.41, 5.74) is 1.32. The molecule has 7 nitrogen and oxygen atoms in total. The number of aromatic hydroxyl groups is 1. The fourth-order valence-electron chi connectivity index (χ4n) is 2.68. The number of fused-ring (bicyclic) bond motifs is 3. The Kier molecular flexibility index (Phi) is 3.69. The molecule has 0 spiro atoms. The van der Waals surface area contributed by atoms with Crippen molar-refractivity contribution in [3.05, 3.63) is 58.4 Å². The van der Waals surface area contributed by atoms with Crippen LogP contribution in [0.4, 0.5) is 11.4 Å². The van der Waals surface area contributed by atoms with Crippen LogP contribution in [0.1, 0.15) is 5.56 Å². The van der Waals surface area contributed by atoms with E-state index in [-0.39, 0.29) is 11.3 Å². The van der Waals surface area contributed by atoms with Gasteiger partial charge in [0.25, 0.3) is 0 Å². The molecule has 2 heterocycles. The molecule has 0 bridgehead atoms. The van der Waals surface area contributed by atoms with Crippen molar-refractivity contribution in [1.29, 1.82) is 0 Å². The molecule has 4 aromatic rings. The molecule has 4 rings (SSSR count). The van der Waals surface area contributed by atoms with Crippen molar-refractivity contribution in [3.8, 4) is 11.7 Å². The van der Waals surface area contributed by atoms with Crippen LogP contribution >= 0.6 is 0 Å². The van der Waals surface area contributed by atoms with E-state index in [1.807, 2.05) is 19.1 Å². The van der Waals surface area contributed by atoms with Crippen molar-refractivity contribution >= 4 is 33.3 Å². The summed E-state index contributed by atoms with van der Waals surface area (Å²) < 4.78 is 15.6. The van der Waals surface area contributed by atoms with Crippen LogP contribution in [-0.4, -0.2) is 12.2 Å². The third-order valence-electron chi connectivity index (χ3n) is 4.01. The van der Waals surface area contributed by atoms with Crippen molar-refractivity contribution in [1.82, 2.24) is 0 Å². The lowest BCUT2D eigenvalue weighted by molar-refractivity contribution is 0.312. The highest BCUT2D eigenvalue weighted by Crippen LogP contribution is 2.40. The summed E-state index contributed by atoms with van der Waals surface area (Å²) in [6, 6.07) is 12.5. The second kappa shape index (κ2) is 6.03. The normalized spacial score (nSPS) is 11.6. The number of azo groups is 1. The second-order valence-electron chi connectivity index (χ2n) is 5.75. The zero-order valence-corrected chi connectivity index (χ0v) is 14.0.